The average Bonchev–Trinajstić information content (AvgIpc) is 2.71. The molecule has 1 heterocycles. The highest BCUT2D eigenvalue weighted by Crippen LogP contribution is 2.30. The van der Waals surface area contributed by atoms with E-state index in [4.69, 9.17) is 5.11 Å². The third-order valence-electron chi connectivity index (χ3n) is 3.08. The third-order valence-corrected chi connectivity index (χ3v) is 3.08. The van der Waals surface area contributed by atoms with Crippen LogP contribution in [0.3, 0.4) is 0 Å². The molecule has 86 valence electrons. The van der Waals surface area contributed by atoms with Crippen LogP contribution in [0.25, 0.3) is 0 Å². The molecular weight excluding hydrogens is 209 g/mol. The van der Waals surface area contributed by atoms with Crippen LogP contribution in [-0.2, 0) is 4.79 Å². The Morgan fingerprint density at radius 3 is 2.94 bits per heavy atom. The van der Waals surface area contributed by atoms with Gasteiger partial charge < -0.3 is 10.4 Å². The van der Waals surface area contributed by atoms with E-state index < -0.39 is 11.9 Å². The quantitative estimate of drug-likeness (QED) is 0.804. The van der Waals surface area contributed by atoms with Crippen molar-refractivity contribution in [1.29, 1.82) is 0 Å². The van der Waals surface area contributed by atoms with E-state index in [0.29, 0.717) is 18.5 Å². The molecule has 3 nitrogen and oxygen atoms in total. The molecule has 1 aromatic rings. The Morgan fingerprint density at radius 2 is 2.31 bits per heavy atom. The Labute approximate surface area is 93.3 Å². The summed E-state index contributed by atoms with van der Waals surface area (Å²) in [5.74, 6) is -1.46. The fraction of sp³-hybridized carbons (Fsp3) is 0.417. The Kier molecular flexibility index (Phi) is 2.92. The molecule has 0 amide bonds. The predicted molar refractivity (Wildman–Crippen MR) is 57.6 cm³/mol. The van der Waals surface area contributed by atoms with Crippen LogP contribution in [0.1, 0.15) is 23.6 Å². The zero-order valence-electron chi connectivity index (χ0n) is 9.03. The Bertz CT molecular complexity index is 419. The molecule has 1 saturated heterocycles. The molecule has 1 aliphatic rings. The SMILES string of the molecule is Cc1cc([C@H]2NCC[C@@H]2C(=O)O)ccc1F. The molecule has 0 aromatic heterocycles. The van der Waals surface area contributed by atoms with E-state index in [0.717, 1.165) is 5.56 Å². The second-order valence-corrected chi connectivity index (χ2v) is 4.17. The van der Waals surface area contributed by atoms with Crippen molar-refractivity contribution in [2.45, 2.75) is 19.4 Å². The molecule has 1 aliphatic heterocycles. The molecule has 0 unspecified atom stereocenters. The summed E-state index contributed by atoms with van der Waals surface area (Å²) in [6.07, 6.45) is 0.621. The molecule has 0 saturated carbocycles. The van der Waals surface area contributed by atoms with E-state index in [9.17, 15) is 9.18 Å². The highest BCUT2D eigenvalue weighted by molar-refractivity contribution is 5.71. The van der Waals surface area contributed by atoms with Gasteiger partial charge in [-0.1, -0.05) is 12.1 Å². The van der Waals surface area contributed by atoms with Crippen molar-refractivity contribution in [3.05, 3.63) is 35.1 Å². The van der Waals surface area contributed by atoms with Crippen LogP contribution in [0.15, 0.2) is 18.2 Å². The van der Waals surface area contributed by atoms with Gasteiger partial charge in [-0.05, 0) is 37.1 Å². The van der Waals surface area contributed by atoms with Gasteiger partial charge in [0.05, 0.1) is 5.92 Å². The molecule has 0 spiro atoms. The summed E-state index contributed by atoms with van der Waals surface area (Å²) < 4.78 is 13.1. The molecule has 2 rings (SSSR count). The lowest BCUT2D eigenvalue weighted by molar-refractivity contribution is -0.142. The van der Waals surface area contributed by atoms with Gasteiger partial charge >= 0.3 is 5.97 Å². The number of nitrogens with one attached hydrogen (secondary N) is 1. The minimum Gasteiger partial charge on any atom is -0.481 e. The van der Waals surface area contributed by atoms with Gasteiger partial charge in [-0.15, -0.1) is 0 Å². The summed E-state index contributed by atoms with van der Waals surface area (Å²) in [6.45, 7) is 2.38. The third kappa shape index (κ3) is 1.93. The topological polar surface area (TPSA) is 49.3 Å². The number of hydrogen-bond donors (Lipinski definition) is 2. The van der Waals surface area contributed by atoms with Gasteiger partial charge in [-0.3, -0.25) is 4.79 Å². The molecular formula is C12H14FNO2. The van der Waals surface area contributed by atoms with E-state index in [-0.39, 0.29) is 11.9 Å². The molecule has 4 heteroatoms. The summed E-state index contributed by atoms with van der Waals surface area (Å²) in [7, 11) is 0. The van der Waals surface area contributed by atoms with Gasteiger partial charge in [0.25, 0.3) is 0 Å². The second kappa shape index (κ2) is 4.22. The van der Waals surface area contributed by atoms with Crippen LogP contribution in [0.2, 0.25) is 0 Å². The maximum Gasteiger partial charge on any atom is 0.308 e. The maximum atomic E-state index is 13.1. The van der Waals surface area contributed by atoms with Gasteiger partial charge in [0.15, 0.2) is 0 Å². The zero-order valence-corrected chi connectivity index (χ0v) is 9.03. The van der Waals surface area contributed by atoms with Crippen molar-refractivity contribution in [3.8, 4) is 0 Å². The first-order valence-electron chi connectivity index (χ1n) is 5.32. The van der Waals surface area contributed by atoms with Gasteiger partial charge in [0.1, 0.15) is 5.82 Å². The second-order valence-electron chi connectivity index (χ2n) is 4.17. The van der Waals surface area contributed by atoms with Crippen molar-refractivity contribution in [2.75, 3.05) is 6.54 Å². The predicted octanol–water partition coefficient (Wildman–Crippen LogP) is 1.87. The lowest BCUT2D eigenvalue weighted by Crippen LogP contribution is -2.23. The van der Waals surface area contributed by atoms with E-state index in [1.807, 2.05) is 0 Å². The molecule has 2 atom stereocenters. The van der Waals surface area contributed by atoms with Crippen molar-refractivity contribution in [2.24, 2.45) is 5.92 Å². The number of hydrogen-bond acceptors (Lipinski definition) is 2. The Hall–Kier alpha value is -1.42. The Morgan fingerprint density at radius 1 is 1.56 bits per heavy atom. The van der Waals surface area contributed by atoms with E-state index in [1.165, 1.54) is 6.07 Å². The highest BCUT2D eigenvalue weighted by Gasteiger charge is 2.33. The standard InChI is InChI=1S/C12H14FNO2/c1-7-6-8(2-3-10(7)13)11-9(12(15)16)4-5-14-11/h2-3,6,9,11,14H,4-5H2,1H3,(H,15,16)/t9-,11+/m0/s1. The van der Waals surface area contributed by atoms with Crippen molar-refractivity contribution in [3.63, 3.8) is 0 Å². The summed E-state index contributed by atoms with van der Waals surface area (Å²) >= 11 is 0. The van der Waals surface area contributed by atoms with Crippen LogP contribution in [0.5, 0.6) is 0 Å². The summed E-state index contributed by atoms with van der Waals surface area (Å²) in [5.41, 5.74) is 1.40. The summed E-state index contributed by atoms with van der Waals surface area (Å²) in [4.78, 5) is 11.0. The van der Waals surface area contributed by atoms with Gasteiger partial charge in [0, 0.05) is 6.04 Å². The van der Waals surface area contributed by atoms with Crippen LogP contribution < -0.4 is 5.32 Å². The van der Waals surface area contributed by atoms with Gasteiger partial charge in [-0.25, -0.2) is 4.39 Å². The van der Waals surface area contributed by atoms with Crippen LogP contribution in [0.4, 0.5) is 4.39 Å². The first-order valence-corrected chi connectivity index (χ1v) is 5.32. The van der Waals surface area contributed by atoms with Crippen molar-refractivity contribution in [1.82, 2.24) is 5.32 Å². The largest absolute Gasteiger partial charge is 0.481 e. The monoisotopic (exact) mass is 223 g/mol. The van der Waals surface area contributed by atoms with Gasteiger partial charge in [-0.2, -0.15) is 0 Å². The molecule has 16 heavy (non-hydrogen) atoms. The minimum absolute atomic E-state index is 0.197. The number of benzene rings is 1. The van der Waals surface area contributed by atoms with Crippen molar-refractivity contribution < 1.29 is 14.3 Å². The van der Waals surface area contributed by atoms with Crippen LogP contribution in [0, 0.1) is 18.7 Å². The van der Waals surface area contributed by atoms with Crippen LogP contribution >= 0.6 is 0 Å². The molecule has 0 radical (unpaired) electrons. The minimum atomic E-state index is -0.794. The molecule has 1 fully saturated rings. The number of rotatable bonds is 2. The number of carboxylic acid groups (broad SMARTS) is 1. The fourth-order valence-electron chi connectivity index (χ4n) is 2.18. The first kappa shape index (κ1) is 11.1. The Balaban J connectivity index is 2.29. The molecule has 0 bridgehead atoms. The number of halogens is 1. The van der Waals surface area contributed by atoms with Gasteiger partial charge in [0.2, 0.25) is 0 Å². The number of carboxylic acids is 1. The lowest BCUT2D eigenvalue weighted by Gasteiger charge is -2.17. The number of aliphatic carboxylic acids is 1. The van der Waals surface area contributed by atoms with E-state index in [2.05, 4.69) is 5.32 Å². The van der Waals surface area contributed by atoms with Crippen LogP contribution in [-0.4, -0.2) is 17.6 Å². The number of aryl methyl sites for hydroxylation is 1. The highest BCUT2D eigenvalue weighted by atomic mass is 19.1. The normalized spacial score (nSPS) is 24.6. The maximum absolute atomic E-state index is 13.1. The number of carbonyl (C=O) groups is 1. The fourth-order valence-corrected chi connectivity index (χ4v) is 2.18. The van der Waals surface area contributed by atoms with E-state index in [1.54, 1.807) is 19.1 Å². The molecule has 2 N–H and O–H groups in total. The summed E-state index contributed by atoms with van der Waals surface area (Å²) in [5, 5.41) is 12.2. The zero-order chi connectivity index (χ0) is 11.7. The summed E-state index contributed by atoms with van der Waals surface area (Å²) in [6, 6.07) is 4.57. The lowest BCUT2D eigenvalue weighted by atomic mass is 9.93. The van der Waals surface area contributed by atoms with E-state index >= 15 is 0 Å². The van der Waals surface area contributed by atoms with Crippen molar-refractivity contribution >= 4 is 5.97 Å². The average molecular weight is 223 g/mol. The first-order chi connectivity index (χ1) is 7.59. The molecule has 1 aromatic carbocycles. The smallest absolute Gasteiger partial charge is 0.308 e. The molecule has 0 aliphatic carbocycles.